The first kappa shape index (κ1) is 9.04. The van der Waals surface area contributed by atoms with Gasteiger partial charge in [0.15, 0.2) is 0 Å². The molecule has 1 rings (SSSR count). The summed E-state index contributed by atoms with van der Waals surface area (Å²) in [6.07, 6.45) is 0. The van der Waals surface area contributed by atoms with Gasteiger partial charge in [-0.1, -0.05) is 27.5 Å². The predicted octanol–water partition coefficient (Wildman–Crippen LogP) is 2.90. The van der Waals surface area contributed by atoms with Gasteiger partial charge in [0, 0.05) is 9.50 Å². The maximum absolute atomic E-state index is 8.94. The van der Waals surface area contributed by atoms with Crippen molar-refractivity contribution in [1.82, 2.24) is 0 Å². The zero-order chi connectivity index (χ0) is 8.43. The molecule has 0 radical (unpaired) electrons. The topological polar surface area (TPSA) is 20.2 Å². The molecule has 0 saturated carbocycles. The first-order valence-corrected chi connectivity index (χ1v) is 4.38. The summed E-state index contributed by atoms with van der Waals surface area (Å²) < 4.78 is 0.905. The number of aliphatic hydroxyl groups excluding tert-OH is 1. The smallest absolute Gasteiger partial charge is 0.0695 e. The number of halogens is 2. The third-order valence-corrected chi connectivity index (χ3v) is 2.79. The second kappa shape index (κ2) is 3.57. The molecule has 1 N–H and O–H groups in total. The molecule has 0 heterocycles. The fraction of sp³-hybridized carbons (Fsp3) is 0.250. The molecule has 0 amide bonds. The van der Waals surface area contributed by atoms with Crippen LogP contribution in [-0.4, -0.2) is 5.11 Å². The minimum atomic E-state index is 0.0208. The maximum atomic E-state index is 8.94. The van der Waals surface area contributed by atoms with Crippen molar-refractivity contribution in [2.75, 3.05) is 0 Å². The monoisotopic (exact) mass is 234 g/mol. The fourth-order valence-electron chi connectivity index (χ4n) is 0.889. The van der Waals surface area contributed by atoms with E-state index in [1.54, 1.807) is 6.07 Å². The van der Waals surface area contributed by atoms with Gasteiger partial charge in [-0.15, -0.1) is 0 Å². The molecule has 3 heteroatoms. The van der Waals surface area contributed by atoms with E-state index in [0.29, 0.717) is 5.02 Å². The van der Waals surface area contributed by atoms with Crippen LogP contribution in [0.5, 0.6) is 0 Å². The van der Waals surface area contributed by atoms with Crippen molar-refractivity contribution in [2.24, 2.45) is 0 Å². The molecule has 0 fully saturated rings. The Balaban J connectivity index is 3.29. The number of aliphatic hydroxyl groups is 1. The van der Waals surface area contributed by atoms with Crippen molar-refractivity contribution >= 4 is 27.5 Å². The van der Waals surface area contributed by atoms with Gasteiger partial charge in [-0.3, -0.25) is 0 Å². The Hall–Kier alpha value is -0.0500. The average molecular weight is 236 g/mol. The first-order chi connectivity index (χ1) is 5.16. The SMILES string of the molecule is Cc1c(Cl)ccc(Br)c1CO. The highest BCUT2D eigenvalue weighted by molar-refractivity contribution is 9.10. The first-order valence-electron chi connectivity index (χ1n) is 3.21. The van der Waals surface area contributed by atoms with Gasteiger partial charge in [-0.2, -0.15) is 0 Å². The summed E-state index contributed by atoms with van der Waals surface area (Å²) in [6, 6.07) is 3.64. The Morgan fingerprint density at radius 3 is 2.64 bits per heavy atom. The molecule has 0 atom stereocenters. The third-order valence-electron chi connectivity index (χ3n) is 1.63. The summed E-state index contributed by atoms with van der Waals surface area (Å²) >= 11 is 9.16. The second-order valence-electron chi connectivity index (χ2n) is 2.29. The zero-order valence-electron chi connectivity index (χ0n) is 6.06. The molecule has 60 valence electrons. The second-order valence-corrected chi connectivity index (χ2v) is 3.55. The summed E-state index contributed by atoms with van der Waals surface area (Å²) in [5.41, 5.74) is 1.79. The van der Waals surface area contributed by atoms with Crippen LogP contribution in [0.25, 0.3) is 0 Å². The van der Waals surface area contributed by atoms with Gasteiger partial charge in [-0.05, 0) is 30.2 Å². The van der Waals surface area contributed by atoms with Gasteiger partial charge < -0.3 is 5.11 Å². The molecule has 0 saturated heterocycles. The molecular formula is C8H8BrClO. The van der Waals surface area contributed by atoms with Crippen molar-refractivity contribution in [3.63, 3.8) is 0 Å². The van der Waals surface area contributed by atoms with Crippen LogP contribution in [0.2, 0.25) is 5.02 Å². The van der Waals surface area contributed by atoms with Gasteiger partial charge in [0.05, 0.1) is 6.61 Å². The molecule has 0 unspecified atom stereocenters. The maximum Gasteiger partial charge on any atom is 0.0695 e. The van der Waals surface area contributed by atoms with Crippen LogP contribution in [0.1, 0.15) is 11.1 Å². The van der Waals surface area contributed by atoms with Crippen LogP contribution >= 0.6 is 27.5 Å². The quantitative estimate of drug-likeness (QED) is 0.793. The number of hydrogen-bond acceptors (Lipinski definition) is 1. The Morgan fingerprint density at radius 2 is 2.18 bits per heavy atom. The van der Waals surface area contributed by atoms with Gasteiger partial charge in [0.25, 0.3) is 0 Å². The van der Waals surface area contributed by atoms with Gasteiger partial charge in [0.1, 0.15) is 0 Å². The van der Waals surface area contributed by atoms with E-state index in [-0.39, 0.29) is 6.61 Å². The van der Waals surface area contributed by atoms with E-state index >= 15 is 0 Å². The van der Waals surface area contributed by atoms with Crippen LogP contribution in [0.15, 0.2) is 16.6 Å². The molecular weight excluding hydrogens is 227 g/mol. The van der Waals surface area contributed by atoms with Crippen LogP contribution < -0.4 is 0 Å². The van der Waals surface area contributed by atoms with Crippen molar-refractivity contribution in [2.45, 2.75) is 13.5 Å². The molecule has 0 aromatic heterocycles. The Bertz CT molecular complexity index is 273. The van der Waals surface area contributed by atoms with E-state index in [1.165, 1.54) is 0 Å². The van der Waals surface area contributed by atoms with Crippen molar-refractivity contribution in [3.8, 4) is 0 Å². The summed E-state index contributed by atoms with van der Waals surface area (Å²) in [5, 5.41) is 9.63. The third kappa shape index (κ3) is 1.75. The van der Waals surface area contributed by atoms with E-state index in [1.807, 2.05) is 13.0 Å². The van der Waals surface area contributed by atoms with E-state index < -0.39 is 0 Å². The largest absolute Gasteiger partial charge is 0.392 e. The number of benzene rings is 1. The van der Waals surface area contributed by atoms with E-state index in [4.69, 9.17) is 16.7 Å². The van der Waals surface area contributed by atoms with Gasteiger partial charge in [0.2, 0.25) is 0 Å². The molecule has 11 heavy (non-hydrogen) atoms. The summed E-state index contributed by atoms with van der Waals surface area (Å²) in [7, 11) is 0. The predicted molar refractivity (Wildman–Crippen MR) is 49.8 cm³/mol. The van der Waals surface area contributed by atoms with Crippen molar-refractivity contribution < 1.29 is 5.11 Å². The van der Waals surface area contributed by atoms with Crippen LogP contribution in [-0.2, 0) is 6.61 Å². The van der Waals surface area contributed by atoms with E-state index in [2.05, 4.69) is 15.9 Å². The fourth-order valence-corrected chi connectivity index (χ4v) is 1.62. The Kier molecular flexibility index (Phi) is 2.93. The summed E-state index contributed by atoms with van der Waals surface area (Å²) in [5.74, 6) is 0. The Labute approximate surface area is 79.1 Å². The average Bonchev–Trinajstić information content (AvgIpc) is 1.99. The van der Waals surface area contributed by atoms with Gasteiger partial charge in [-0.25, -0.2) is 0 Å². The molecule has 0 aliphatic heterocycles. The summed E-state index contributed by atoms with van der Waals surface area (Å²) in [4.78, 5) is 0. The molecule has 0 spiro atoms. The van der Waals surface area contributed by atoms with Crippen LogP contribution in [0, 0.1) is 6.92 Å². The summed E-state index contributed by atoms with van der Waals surface area (Å²) in [6.45, 7) is 1.91. The highest BCUT2D eigenvalue weighted by Gasteiger charge is 2.04. The standard InChI is InChI=1S/C8H8BrClO/c1-5-6(4-11)7(9)2-3-8(5)10/h2-3,11H,4H2,1H3. The molecule has 1 aromatic rings. The molecule has 0 aliphatic rings. The lowest BCUT2D eigenvalue weighted by Gasteiger charge is -2.06. The molecule has 1 aromatic carbocycles. The normalized spacial score (nSPS) is 10.2. The highest BCUT2D eigenvalue weighted by Crippen LogP contribution is 2.26. The molecule has 0 aliphatic carbocycles. The van der Waals surface area contributed by atoms with Crippen LogP contribution in [0.3, 0.4) is 0 Å². The highest BCUT2D eigenvalue weighted by atomic mass is 79.9. The lowest BCUT2D eigenvalue weighted by molar-refractivity contribution is 0.280. The van der Waals surface area contributed by atoms with Crippen molar-refractivity contribution in [1.29, 1.82) is 0 Å². The van der Waals surface area contributed by atoms with Crippen molar-refractivity contribution in [3.05, 3.63) is 32.8 Å². The lowest BCUT2D eigenvalue weighted by atomic mass is 10.1. The number of hydrogen-bond donors (Lipinski definition) is 1. The Morgan fingerprint density at radius 1 is 1.55 bits per heavy atom. The number of rotatable bonds is 1. The van der Waals surface area contributed by atoms with E-state index in [9.17, 15) is 0 Å². The minimum Gasteiger partial charge on any atom is -0.392 e. The van der Waals surface area contributed by atoms with Gasteiger partial charge >= 0.3 is 0 Å². The van der Waals surface area contributed by atoms with E-state index in [0.717, 1.165) is 15.6 Å². The molecule has 1 nitrogen and oxygen atoms in total. The van der Waals surface area contributed by atoms with Crippen LogP contribution in [0.4, 0.5) is 0 Å². The lowest BCUT2D eigenvalue weighted by Crippen LogP contribution is -1.90. The minimum absolute atomic E-state index is 0.0208. The zero-order valence-corrected chi connectivity index (χ0v) is 8.41. The molecule has 0 bridgehead atoms.